The zero-order valence-electron chi connectivity index (χ0n) is 30.8. The average Bonchev–Trinajstić information content (AvgIpc) is 3.07. The molecule has 1 aromatic carbocycles. The van der Waals surface area contributed by atoms with Gasteiger partial charge in [0.15, 0.2) is 0 Å². The Balaban J connectivity index is -0.000000377. The molecule has 0 bridgehead atoms. The van der Waals surface area contributed by atoms with Crippen LogP contribution in [0.1, 0.15) is 99.0 Å². The number of rotatable bonds is 12. The second-order valence-corrected chi connectivity index (χ2v) is 14.2. The third kappa shape index (κ3) is 24.8. The zero-order valence-corrected chi connectivity index (χ0v) is 30.8. The molecule has 52 heavy (non-hydrogen) atoms. The molecule has 2 fully saturated rings. The number of nitrogens with one attached hydrogen (secondary N) is 2. The van der Waals surface area contributed by atoms with Gasteiger partial charge in [-0.15, -0.1) is 0 Å². The summed E-state index contributed by atoms with van der Waals surface area (Å²) >= 11 is 0. The van der Waals surface area contributed by atoms with Crippen LogP contribution < -0.4 is 10.7 Å². The summed E-state index contributed by atoms with van der Waals surface area (Å²) in [7, 11) is 0. The molecule has 1 aromatic rings. The minimum absolute atomic E-state index is 0. The summed E-state index contributed by atoms with van der Waals surface area (Å²) in [4.78, 5) is 23.0. The Hall–Kier alpha value is -3.32. The number of alkyl carbamates (subject to hydrolysis) is 1. The molecule has 19 heteroatoms. The average molecular weight is 778 g/mol. The van der Waals surface area contributed by atoms with E-state index in [1.54, 1.807) is 20.8 Å². The summed E-state index contributed by atoms with van der Waals surface area (Å²) in [6, 6.07) is 10.0. The third-order valence-electron chi connectivity index (χ3n) is 7.58. The lowest BCUT2D eigenvalue weighted by atomic mass is 9.60. The van der Waals surface area contributed by atoms with Crippen molar-refractivity contribution >= 4 is 17.9 Å². The SMILES string of the molecule is CC(C)(C)OC(=O)NN=C1CC(CO)(CCOCc2ccccc2)C1.CCCC1(CO)CC(CNC(=O)OC(C)(C)C)C1.F.FF.FF.FF.FF. The standard InChI is InChI=1S/C19H28N2O4.C14H27NO3.4F2.FH/c1-18(2,3)25-17(23)21-20-16-11-19(12-16,14-22)9-10-24-13-15-7-5-4-6-8-15;1-5-6-14(10-16)7-11(8-14)9-15-12(17)18-13(2,3)4;4*1-2;/h4-8,22H,9-14H2,1-3H3,(H,21,23);11,16H,5-10H2,1-4H3,(H,15,17);;;;;1H. The van der Waals surface area contributed by atoms with Crippen LogP contribution in [0, 0.1) is 16.7 Å². The molecule has 308 valence electrons. The van der Waals surface area contributed by atoms with E-state index in [1.165, 1.54) is 0 Å². The van der Waals surface area contributed by atoms with E-state index in [0.717, 1.165) is 43.4 Å². The normalized spacial score (nSPS) is 19.6. The maximum absolute atomic E-state index is 11.6. The van der Waals surface area contributed by atoms with Crippen LogP contribution in [0.25, 0.3) is 0 Å². The molecule has 2 saturated carbocycles. The Morgan fingerprint density at radius 3 is 1.73 bits per heavy atom. The number of ether oxygens (including phenoxy) is 3. The number of aliphatic hydroxyl groups excluding tert-OH is 2. The summed E-state index contributed by atoms with van der Waals surface area (Å²) in [5.41, 5.74) is 3.35. The second kappa shape index (κ2) is 30.2. The van der Waals surface area contributed by atoms with E-state index in [0.29, 0.717) is 38.5 Å². The molecule has 0 aliphatic heterocycles. The van der Waals surface area contributed by atoms with Crippen molar-refractivity contribution in [2.45, 2.75) is 111 Å². The van der Waals surface area contributed by atoms with E-state index in [1.807, 2.05) is 51.1 Å². The number of carbonyl (C=O) groups excluding carboxylic acids is 2. The lowest BCUT2D eigenvalue weighted by Crippen LogP contribution is -2.46. The van der Waals surface area contributed by atoms with E-state index in [9.17, 15) is 19.8 Å². The highest BCUT2D eigenvalue weighted by Crippen LogP contribution is 2.48. The Bertz CT molecular complexity index is 1050. The van der Waals surface area contributed by atoms with Crippen LogP contribution >= 0.6 is 0 Å². The van der Waals surface area contributed by atoms with E-state index < -0.39 is 17.3 Å². The number of hydrogen-bond acceptors (Lipinski definition) is 8. The number of hydrogen-bond donors (Lipinski definition) is 4. The van der Waals surface area contributed by atoms with Crippen LogP contribution in [0.3, 0.4) is 0 Å². The second-order valence-electron chi connectivity index (χ2n) is 14.2. The number of hydrazone groups is 1. The molecule has 2 amide bonds. The molecule has 0 radical (unpaired) electrons. The van der Waals surface area contributed by atoms with E-state index in [2.05, 4.69) is 22.8 Å². The van der Waals surface area contributed by atoms with Crippen LogP contribution in [0.5, 0.6) is 0 Å². The summed E-state index contributed by atoms with van der Waals surface area (Å²) < 4.78 is 80.0. The first-order valence-corrected chi connectivity index (χ1v) is 16.0. The molecule has 4 N–H and O–H groups in total. The Labute approximate surface area is 299 Å². The third-order valence-corrected chi connectivity index (χ3v) is 7.58. The topological polar surface area (TPSA) is 139 Å². The summed E-state index contributed by atoms with van der Waals surface area (Å²) in [5.74, 6) is 0.483. The van der Waals surface area contributed by atoms with E-state index in [-0.39, 0.29) is 34.8 Å². The molecule has 0 heterocycles. The number of carbonyl (C=O) groups is 2. The highest BCUT2D eigenvalue weighted by molar-refractivity contribution is 5.92. The van der Waals surface area contributed by atoms with Gasteiger partial charge >= 0.3 is 12.2 Å². The Morgan fingerprint density at radius 1 is 0.808 bits per heavy atom. The highest BCUT2D eigenvalue weighted by Gasteiger charge is 2.43. The Morgan fingerprint density at radius 2 is 1.29 bits per heavy atom. The fraction of sp³-hybridized carbons (Fsp3) is 0.727. The molecular weight excluding hydrogens is 721 g/mol. The molecule has 2 aliphatic carbocycles. The fourth-order valence-electron chi connectivity index (χ4n) is 5.53. The van der Waals surface area contributed by atoms with Crippen LogP contribution in [-0.4, -0.2) is 65.7 Å². The van der Waals surface area contributed by atoms with Crippen LogP contribution in [-0.2, 0) is 20.8 Å². The number of halogens is 9. The van der Waals surface area contributed by atoms with Gasteiger partial charge in [0.1, 0.15) is 11.2 Å². The first kappa shape index (κ1) is 55.4. The summed E-state index contributed by atoms with van der Waals surface area (Å²) in [5, 5.41) is 26.0. The molecule has 3 rings (SSSR count). The zero-order chi connectivity index (χ0) is 40.2. The lowest BCUT2D eigenvalue weighted by Gasteiger charge is -2.47. The van der Waals surface area contributed by atoms with Crippen molar-refractivity contribution in [3.05, 3.63) is 35.9 Å². The number of aliphatic hydroxyl groups is 2. The monoisotopic (exact) mass is 777 g/mol. The minimum Gasteiger partial charge on any atom is -0.444 e. The number of amides is 2. The minimum atomic E-state index is -0.562. The quantitative estimate of drug-likeness (QED) is 0.0943. The van der Waals surface area contributed by atoms with E-state index >= 15 is 0 Å². The Kier molecular flexibility index (Phi) is 32.2. The van der Waals surface area contributed by atoms with Gasteiger partial charge in [0.25, 0.3) is 0 Å². The predicted octanol–water partition coefficient (Wildman–Crippen LogP) is 9.46. The van der Waals surface area contributed by atoms with Crippen molar-refractivity contribution < 1.29 is 75.3 Å². The van der Waals surface area contributed by atoms with Crippen LogP contribution in [0.4, 0.5) is 50.9 Å². The molecular formula is C33H56F9N3O7. The molecule has 0 saturated heterocycles. The van der Waals surface area contributed by atoms with Gasteiger partial charge in [-0.05, 0) is 97.0 Å². The first-order valence-electron chi connectivity index (χ1n) is 16.0. The van der Waals surface area contributed by atoms with Gasteiger partial charge in [0, 0.05) is 74.1 Å². The molecule has 0 spiro atoms. The van der Waals surface area contributed by atoms with Crippen molar-refractivity contribution in [3.63, 3.8) is 0 Å². The smallest absolute Gasteiger partial charge is 0.428 e. The fourth-order valence-corrected chi connectivity index (χ4v) is 5.53. The highest BCUT2D eigenvalue weighted by atomic mass is 20.0. The van der Waals surface area contributed by atoms with Crippen molar-refractivity contribution in [1.82, 2.24) is 10.7 Å². The van der Waals surface area contributed by atoms with Crippen molar-refractivity contribution in [2.75, 3.05) is 26.4 Å². The van der Waals surface area contributed by atoms with Gasteiger partial charge < -0.3 is 29.7 Å². The molecule has 10 nitrogen and oxygen atoms in total. The van der Waals surface area contributed by atoms with Gasteiger partial charge in [0.2, 0.25) is 0 Å². The van der Waals surface area contributed by atoms with Gasteiger partial charge in [0.05, 0.1) is 6.61 Å². The van der Waals surface area contributed by atoms with Crippen molar-refractivity contribution in [1.29, 1.82) is 0 Å². The van der Waals surface area contributed by atoms with Crippen molar-refractivity contribution in [2.24, 2.45) is 21.8 Å². The summed E-state index contributed by atoms with van der Waals surface area (Å²) in [6.07, 6.45) is 5.37. The lowest BCUT2D eigenvalue weighted by molar-refractivity contribution is -0.0144. The van der Waals surface area contributed by atoms with Gasteiger partial charge in [-0.1, -0.05) is 43.7 Å². The van der Waals surface area contributed by atoms with Gasteiger partial charge in [-0.25, -0.2) is 15.0 Å². The predicted molar refractivity (Wildman–Crippen MR) is 179 cm³/mol. The molecule has 2 aliphatic rings. The molecule has 0 aromatic heterocycles. The van der Waals surface area contributed by atoms with Gasteiger partial charge in [-0.3, -0.25) is 4.70 Å². The first-order chi connectivity index (χ1) is 24.1. The maximum atomic E-state index is 11.6. The molecule has 0 unspecified atom stereocenters. The summed E-state index contributed by atoms with van der Waals surface area (Å²) in [6.45, 7) is 15.3. The number of benzene rings is 1. The molecule has 0 atom stereocenters. The van der Waals surface area contributed by atoms with E-state index in [4.69, 9.17) is 50.8 Å². The van der Waals surface area contributed by atoms with Gasteiger partial charge in [-0.2, -0.15) is 5.10 Å². The van der Waals surface area contributed by atoms with Crippen LogP contribution in [0.2, 0.25) is 0 Å². The van der Waals surface area contributed by atoms with Crippen molar-refractivity contribution in [3.8, 4) is 0 Å². The van der Waals surface area contributed by atoms with Crippen LogP contribution in [0.15, 0.2) is 35.4 Å². The number of nitrogens with zero attached hydrogens (tertiary/aromatic N) is 1. The maximum Gasteiger partial charge on any atom is 0.428 e. The largest absolute Gasteiger partial charge is 0.444 e.